The Morgan fingerprint density at radius 3 is 2.46 bits per heavy atom. The lowest BCUT2D eigenvalue weighted by molar-refractivity contribution is -0.138. The number of hydrogen-bond acceptors (Lipinski definition) is 5. The minimum absolute atomic E-state index is 0.0814. The maximum Gasteiger partial charge on any atom is 0.319 e. The Balaban J connectivity index is 1.96. The first-order valence-corrected chi connectivity index (χ1v) is 13.7. The Morgan fingerprint density at radius 1 is 1.19 bits per heavy atom. The minimum Gasteiger partial charge on any atom is -0.480 e. The number of hydrogen-bond donors (Lipinski definition) is 2. The summed E-state index contributed by atoms with van der Waals surface area (Å²) in [6, 6.07) is 11.0. The Labute approximate surface area is 224 Å². The van der Waals surface area contributed by atoms with Gasteiger partial charge in [0.05, 0.1) is 17.8 Å². The zero-order valence-corrected chi connectivity index (χ0v) is 23.6. The molecule has 2 aromatic rings. The van der Waals surface area contributed by atoms with Gasteiger partial charge in [0.2, 0.25) is 5.91 Å². The SMILES string of the molecule is Cc1ccc(CC(=O)Nc2cc(SC(C)(C)C(=O)O)ccc2N(CC(C)C)C2CCN(C)CC2)c(F)c1. The van der Waals surface area contributed by atoms with E-state index in [-0.39, 0.29) is 12.3 Å². The van der Waals surface area contributed by atoms with E-state index in [9.17, 15) is 19.1 Å². The number of nitrogens with one attached hydrogen (secondary N) is 1. The number of anilines is 2. The van der Waals surface area contributed by atoms with Gasteiger partial charge < -0.3 is 20.2 Å². The molecule has 1 aliphatic heterocycles. The number of aryl methyl sites for hydroxylation is 1. The van der Waals surface area contributed by atoms with Crippen molar-refractivity contribution in [2.24, 2.45) is 5.92 Å². The molecule has 0 unspecified atom stereocenters. The number of nitrogens with zero attached hydrogens (tertiary/aromatic N) is 2. The van der Waals surface area contributed by atoms with Crippen molar-refractivity contribution in [3.63, 3.8) is 0 Å². The van der Waals surface area contributed by atoms with Crippen LogP contribution in [0.5, 0.6) is 0 Å². The normalized spacial score (nSPS) is 15.1. The van der Waals surface area contributed by atoms with E-state index in [0.29, 0.717) is 23.2 Å². The van der Waals surface area contributed by atoms with Gasteiger partial charge in [0.15, 0.2) is 0 Å². The summed E-state index contributed by atoms with van der Waals surface area (Å²) in [6.07, 6.45) is 1.96. The van der Waals surface area contributed by atoms with Crippen molar-refractivity contribution < 1.29 is 19.1 Å². The molecule has 1 saturated heterocycles. The van der Waals surface area contributed by atoms with E-state index in [1.54, 1.807) is 26.0 Å². The van der Waals surface area contributed by atoms with Crippen LogP contribution in [0.4, 0.5) is 15.8 Å². The number of amides is 1. The Bertz CT molecular complexity index is 1110. The zero-order chi connectivity index (χ0) is 27.3. The van der Waals surface area contributed by atoms with Crippen molar-refractivity contribution in [2.45, 2.75) is 69.6 Å². The standard InChI is InChI=1S/C29H40FN3O3S/c1-19(2)18-33(22-11-13-32(6)14-12-22)26-10-9-23(37-29(4,5)28(35)36)17-25(26)31-27(34)16-21-8-7-20(3)15-24(21)30/h7-10,15,17,19,22H,11-14,16,18H2,1-6H3,(H,31,34)(H,35,36). The van der Waals surface area contributed by atoms with E-state index < -0.39 is 16.5 Å². The summed E-state index contributed by atoms with van der Waals surface area (Å²) in [5.41, 5.74) is 2.69. The van der Waals surface area contributed by atoms with Gasteiger partial charge in [0, 0.05) is 17.5 Å². The molecule has 3 rings (SSSR count). The highest BCUT2D eigenvalue weighted by atomic mass is 32.2. The van der Waals surface area contributed by atoms with Gasteiger partial charge in [-0.1, -0.05) is 26.0 Å². The van der Waals surface area contributed by atoms with Gasteiger partial charge in [-0.2, -0.15) is 0 Å². The third kappa shape index (κ3) is 7.95. The Hall–Kier alpha value is -2.58. The molecule has 6 nitrogen and oxygen atoms in total. The van der Waals surface area contributed by atoms with Gasteiger partial charge in [-0.05, 0) is 95.1 Å². The fraction of sp³-hybridized carbons (Fsp3) is 0.517. The highest BCUT2D eigenvalue weighted by Crippen LogP contribution is 2.39. The molecule has 202 valence electrons. The number of piperidine rings is 1. The van der Waals surface area contributed by atoms with Gasteiger partial charge in [0.25, 0.3) is 0 Å². The first-order chi connectivity index (χ1) is 17.4. The first-order valence-electron chi connectivity index (χ1n) is 12.9. The van der Waals surface area contributed by atoms with E-state index in [0.717, 1.165) is 48.6 Å². The number of likely N-dealkylation sites (tertiary alicyclic amines) is 1. The molecule has 37 heavy (non-hydrogen) atoms. The van der Waals surface area contributed by atoms with Gasteiger partial charge >= 0.3 is 5.97 Å². The van der Waals surface area contributed by atoms with Crippen LogP contribution in [-0.2, 0) is 16.0 Å². The summed E-state index contributed by atoms with van der Waals surface area (Å²) in [5, 5.41) is 12.7. The molecular formula is C29H40FN3O3S. The van der Waals surface area contributed by atoms with E-state index >= 15 is 0 Å². The molecule has 0 spiro atoms. The highest BCUT2D eigenvalue weighted by molar-refractivity contribution is 8.01. The molecule has 0 aliphatic carbocycles. The van der Waals surface area contributed by atoms with Crippen molar-refractivity contribution in [1.82, 2.24) is 4.90 Å². The second kappa shape index (κ2) is 12.3. The average Bonchev–Trinajstić information content (AvgIpc) is 2.80. The first kappa shape index (κ1) is 29.0. The smallest absolute Gasteiger partial charge is 0.319 e. The van der Waals surface area contributed by atoms with Crippen LogP contribution in [0.15, 0.2) is 41.3 Å². The monoisotopic (exact) mass is 529 g/mol. The predicted octanol–water partition coefficient (Wildman–Crippen LogP) is 5.83. The molecule has 2 N–H and O–H groups in total. The largest absolute Gasteiger partial charge is 0.480 e. The number of carbonyl (C=O) groups is 2. The van der Waals surface area contributed by atoms with E-state index in [4.69, 9.17) is 0 Å². The molecule has 0 aromatic heterocycles. The quantitative estimate of drug-likeness (QED) is 0.378. The lowest BCUT2D eigenvalue weighted by atomic mass is 10.0. The van der Waals surface area contributed by atoms with E-state index in [2.05, 4.69) is 36.0 Å². The molecule has 2 aromatic carbocycles. The summed E-state index contributed by atoms with van der Waals surface area (Å²) in [7, 11) is 2.13. The van der Waals surface area contributed by atoms with Crippen LogP contribution in [-0.4, -0.2) is 59.4 Å². The van der Waals surface area contributed by atoms with Crippen LogP contribution in [0.2, 0.25) is 0 Å². The number of benzene rings is 2. The number of halogens is 1. The highest BCUT2D eigenvalue weighted by Gasteiger charge is 2.30. The number of thioether (sulfide) groups is 1. The Kier molecular flexibility index (Phi) is 9.64. The topological polar surface area (TPSA) is 72.9 Å². The van der Waals surface area contributed by atoms with Crippen molar-refractivity contribution in [2.75, 3.05) is 36.9 Å². The molecule has 1 amide bonds. The third-order valence-electron chi connectivity index (χ3n) is 6.69. The average molecular weight is 530 g/mol. The van der Waals surface area contributed by atoms with Crippen LogP contribution in [0, 0.1) is 18.7 Å². The lowest BCUT2D eigenvalue weighted by Crippen LogP contribution is -2.45. The summed E-state index contributed by atoms with van der Waals surface area (Å²) in [5.74, 6) is -1.20. The molecule has 0 saturated carbocycles. The Morgan fingerprint density at radius 2 is 1.86 bits per heavy atom. The number of carboxylic acid groups (broad SMARTS) is 1. The van der Waals surface area contributed by atoms with E-state index in [1.807, 2.05) is 25.1 Å². The van der Waals surface area contributed by atoms with Crippen LogP contribution >= 0.6 is 11.8 Å². The number of aliphatic carboxylic acids is 1. The second-order valence-electron chi connectivity index (χ2n) is 11.0. The maximum absolute atomic E-state index is 14.4. The number of carboxylic acids is 1. The van der Waals surface area contributed by atoms with Gasteiger partial charge in [-0.25, -0.2) is 4.39 Å². The zero-order valence-electron chi connectivity index (χ0n) is 22.8. The fourth-order valence-corrected chi connectivity index (χ4v) is 5.56. The van der Waals surface area contributed by atoms with E-state index in [1.165, 1.54) is 17.8 Å². The molecule has 8 heteroatoms. The second-order valence-corrected chi connectivity index (χ2v) is 12.7. The van der Waals surface area contributed by atoms with Crippen LogP contribution < -0.4 is 10.2 Å². The van der Waals surface area contributed by atoms with Crippen molar-refractivity contribution in [3.8, 4) is 0 Å². The summed E-state index contributed by atoms with van der Waals surface area (Å²) < 4.78 is 13.4. The third-order valence-corrected chi connectivity index (χ3v) is 7.86. The van der Waals surface area contributed by atoms with Gasteiger partial charge in [-0.3, -0.25) is 9.59 Å². The van der Waals surface area contributed by atoms with Crippen LogP contribution in [0.25, 0.3) is 0 Å². The molecule has 1 heterocycles. The lowest BCUT2D eigenvalue weighted by Gasteiger charge is -2.40. The molecule has 0 atom stereocenters. The minimum atomic E-state index is -1.03. The predicted molar refractivity (Wildman–Crippen MR) is 150 cm³/mol. The maximum atomic E-state index is 14.4. The van der Waals surface area contributed by atoms with Crippen molar-refractivity contribution in [1.29, 1.82) is 0 Å². The van der Waals surface area contributed by atoms with Crippen LogP contribution in [0.3, 0.4) is 0 Å². The molecule has 1 aliphatic rings. The molecule has 0 bridgehead atoms. The fourth-order valence-electron chi connectivity index (χ4n) is 4.57. The number of rotatable bonds is 10. The molecular weight excluding hydrogens is 489 g/mol. The summed E-state index contributed by atoms with van der Waals surface area (Å²) in [6.45, 7) is 12.3. The van der Waals surface area contributed by atoms with Crippen LogP contribution in [0.1, 0.15) is 51.7 Å². The number of carbonyl (C=O) groups excluding carboxylic acids is 1. The summed E-state index contributed by atoms with van der Waals surface area (Å²) >= 11 is 1.24. The molecule has 0 radical (unpaired) electrons. The van der Waals surface area contributed by atoms with Crippen molar-refractivity contribution in [3.05, 3.63) is 53.3 Å². The van der Waals surface area contributed by atoms with Crippen molar-refractivity contribution >= 4 is 35.0 Å². The molecule has 1 fully saturated rings. The van der Waals surface area contributed by atoms with Gasteiger partial charge in [0.1, 0.15) is 10.6 Å². The summed E-state index contributed by atoms with van der Waals surface area (Å²) in [4.78, 5) is 30.3. The van der Waals surface area contributed by atoms with Gasteiger partial charge in [-0.15, -0.1) is 11.8 Å².